The van der Waals surface area contributed by atoms with Gasteiger partial charge in [0.1, 0.15) is 10.6 Å². The molecular weight excluding hydrogens is 633 g/mol. The lowest BCUT2D eigenvalue weighted by Gasteiger charge is -2.35. The number of amides is 1. The molecular formula is C28H26F9NO5S. The second-order valence-corrected chi connectivity index (χ2v) is 13.5. The summed E-state index contributed by atoms with van der Waals surface area (Å²) in [6.45, 7) is 0.0408. The zero-order valence-electron chi connectivity index (χ0n) is 22.9. The molecule has 2 aliphatic rings. The van der Waals surface area contributed by atoms with Crippen molar-refractivity contribution in [3.8, 4) is 0 Å². The van der Waals surface area contributed by atoms with E-state index in [0.717, 1.165) is 23.1 Å². The molecule has 0 unspecified atom stereocenters. The average molecular weight is 660 g/mol. The summed E-state index contributed by atoms with van der Waals surface area (Å²) in [5, 5.41) is 9.19. The molecule has 1 atom stereocenters. The largest absolute Gasteiger partial charge is 0.481 e. The Morgan fingerprint density at radius 1 is 0.909 bits per heavy atom. The maximum Gasteiger partial charge on any atom is 0.435 e. The Hall–Kier alpha value is -3.30. The number of alkyl halides is 8. The van der Waals surface area contributed by atoms with Gasteiger partial charge in [-0.3, -0.25) is 9.59 Å². The molecule has 1 saturated heterocycles. The Morgan fingerprint density at radius 3 is 1.93 bits per heavy atom. The van der Waals surface area contributed by atoms with Gasteiger partial charge < -0.3 is 10.0 Å². The van der Waals surface area contributed by atoms with Gasteiger partial charge in [-0.1, -0.05) is 24.3 Å². The van der Waals surface area contributed by atoms with Crippen LogP contribution in [0.4, 0.5) is 39.5 Å². The summed E-state index contributed by atoms with van der Waals surface area (Å²) >= 11 is 0. The highest BCUT2D eigenvalue weighted by Gasteiger charge is 2.73. The average Bonchev–Trinajstić information content (AvgIpc) is 3.40. The second-order valence-electron chi connectivity index (χ2n) is 11.2. The number of carbonyl (C=O) groups excluding carboxylic acids is 1. The van der Waals surface area contributed by atoms with E-state index in [1.165, 1.54) is 6.92 Å². The van der Waals surface area contributed by atoms with Crippen LogP contribution in [0.25, 0.3) is 0 Å². The van der Waals surface area contributed by atoms with Gasteiger partial charge >= 0.3 is 24.0 Å². The summed E-state index contributed by atoms with van der Waals surface area (Å²) in [5.41, 5.74) is -10.7. The third-order valence-corrected chi connectivity index (χ3v) is 11.0. The molecule has 16 heteroatoms. The maximum absolute atomic E-state index is 15.8. The van der Waals surface area contributed by atoms with E-state index < -0.39 is 110 Å². The standard InChI is InChI=1S/C28H26F9NO5S/c1-16-14-20(6-7-21(16)29)44(42,43)25(18-2-4-19(5-3-18)26(31,27(32,33)34)28(35,36)37)12-13-38(15-25)23(41)24(30)10-8-17(9-11-24)22(39)40/h2-7,14,17H,8-13,15H2,1H3,(H,39,40)/t17?,24?,25-/m0/s1. The number of likely N-dealkylation sites (tertiary alicyclic amines) is 1. The lowest BCUT2D eigenvalue weighted by Crippen LogP contribution is -2.50. The van der Waals surface area contributed by atoms with E-state index in [1.807, 2.05) is 0 Å². The van der Waals surface area contributed by atoms with Crippen LogP contribution in [0.3, 0.4) is 0 Å². The lowest BCUT2D eigenvalue weighted by atomic mass is 9.79. The molecule has 44 heavy (non-hydrogen) atoms. The number of benzene rings is 2. The number of hydrogen-bond donors (Lipinski definition) is 1. The molecule has 0 bridgehead atoms. The van der Waals surface area contributed by atoms with Crippen molar-refractivity contribution in [3.63, 3.8) is 0 Å². The Bertz CT molecular complexity index is 1530. The highest BCUT2D eigenvalue weighted by atomic mass is 32.2. The van der Waals surface area contributed by atoms with Crippen LogP contribution in [0.2, 0.25) is 0 Å². The number of nitrogens with zero attached hydrogens (tertiary/aromatic N) is 1. The Labute approximate surface area is 245 Å². The van der Waals surface area contributed by atoms with E-state index in [0.29, 0.717) is 12.1 Å². The summed E-state index contributed by atoms with van der Waals surface area (Å²) in [6, 6.07) is 4.13. The Morgan fingerprint density at radius 2 is 1.45 bits per heavy atom. The fourth-order valence-corrected chi connectivity index (χ4v) is 8.05. The summed E-state index contributed by atoms with van der Waals surface area (Å²) in [4.78, 5) is 25.0. The first-order chi connectivity index (χ1) is 20.1. The molecule has 2 aromatic rings. The van der Waals surface area contributed by atoms with E-state index in [-0.39, 0.29) is 30.5 Å². The van der Waals surface area contributed by atoms with E-state index in [4.69, 9.17) is 0 Å². The van der Waals surface area contributed by atoms with E-state index in [9.17, 15) is 58.2 Å². The van der Waals surface area contributed by atoms with E-state index in [1.54, 1.807) is 0 Å². The predicted molar refractivity (Wildman–Crippen MR) is 136 cm³/mol. The van der Waals surface area contributed by atoms with Crippen LogP contribution in [0.15, 0.2) is 47.4 Å². The number of aryl methyl sites for hydroxylation is 1. The highest BCUT2D eigenvalue weighted by Crippen LogP contribution is 2.54. The lowest BCUT2D eigenvalue weighted by molar-refractivity contribution is -0.348. The summed E-state index contributed by atoms with van der Waals surface area (Å²) in [7, 11) is -4.73. The minimum Gasteiger partial charge on any atom is -0.481 e. The molecule has 6 nitrogen and oxygen atoms in total. The smallest absolute Gasteiger partial charge is 0.435 e. The number of carboxylic acids is 1. The topological polar surface area (TPSA) is 91.8 Å². The number of carboxylic acid groups (broad SMARTS) is 1. The highest BCUT2D eigenvalue weighted by molar-refractivity contribution is 7.92. The van der Waals surface area contributed by atoms with Gasteiger partial charge in [-0.05, 0) is 68.4 Å². The zero-order valence-corrected chi connectivity index (χ0v) is 23.7. The molecule has 1 N–H and O–H groups in total. The number of hydrogen-bond acceptors (Lipinski definition) is 4. The fraction of sp³-hybridized carbons (Fsp3) is 0.500. The first kappa shape index (κ1) is 33.6. The number of halogens is 9. The van der Waals surface area contributed by atoms with Gasteiger partial charge in [-0.25, -0.2) is 21.6 Å². The molecule has 1 aliphatic heterocycles. The van der Waals surface area contributed by atoms with Gasteiger partial charge in [0.2, 0.25) is 0 Å². The van der Waals surface area contributed by atoms with Crippen LogP contribution in [0.1, 0.15) is 48.8 Å². The van der Waals surface area contributed by atoms with Crippen LogP contribution in [0, 0.1) is 18.7 Å². The van der Waals surface area contributed by atoms with Gasteiger partial charge in [0, 0.05) is 18.7 Å². The third-order valence-electron chi connectivity index (χ3n) is 8.57. The molecule has 0 aromatic heterocycles. The van der Waals surface area contributed by atoms with Gasteiger partial charge in [-0.2, -0.15) is 26.3 Å². The minimum absolute atomic E-state index is 0.113. The molecule has 242 valence electrons. The van der Waals surface area contributed by atoms with Gasteiger partial charge in [0.15, 0.2) is 15.5 Å². The Balaban J connectivity index is 1.79. The first-order valence-corrected chi connectivity index (χ1v) is 14.7. The molecule has 2 aromatic carbocycles. The molecule has 4 rings (SSSR count). The van der Waals surface area contributed by atoms with Crippen molar-refractivity contribution in [3.05, 3.63) is 65.0 Å². The van der Waals surface area contributed by atoms with Crippen LogP contribution in [0.5, 0.6) is 0 Å². The third kappa shape index (κ3) is 5.32. The molecule has 1 heterocycles. The summed E-state index contributed by atoms with van der Waals surface area (Å²) < 4.78 is 150. The number of rotatable bonds is 6. The van der Waals surface area contributed by atoms with Gasteiger partial charge in [0.05, 0.1) is 10.8 Å². The van der Waals surface area contributed by atoms with Crippen molar-refractivity contribution in [2.75, 3.05) is 13.1 Å². The molecule has 1 aliphatic carbocycles. The first-order valence-electron chi connectivity index (χ1n) is 13.3. The van der Waals surface area contributed by atoms with Crippen LogP contribution >= 0.6 is 0 Å². The molecule has 1 amide bonds. The Kier molecular flexibility index (Phi) is 8.36. The molecule has 1 saturated carbocycles. The van der Waals surface area contributed by atoms with Crippen molar-refractivity contribution >= 4 is 21.7 Å². The quantitative estimate of drug-likeness (QED) is 0.290. The van der Waals surface area contributed by atoms with Crippen LogP contribution < -0.4 is 0 Å². The second kappa shape index (κ2) is 10.9. The SMILES string of the molecule is Cc1cc(S(=O)(=O)[C@@]2(c3ccc(C(F)(C(F)(F)F)C(F)(F)F)cc3)CCN(C(=O)C3(F)CCC(C(=O)O)CC3)C2)ccc1F. The normalized spacial score (nSPS) is 25.2. The number of carbonyl (C=O) groups is 2. The minimum atomic E-state index is -6.42. The van der Waals surface area contributed by atoms with Crippen LogP contribution in [-0.2, 0) is 29.8 Å². The predicted octanol–water partition coefficient (Wildman–Crippen LogP) is 6.31. The zero-order chi connectivity index (χ0) is 33.1. The van der Waals surface area contributed by atoms with Crippen molar-refractivity contribution in [2.24, 2.45) is 5.92 Å². The molecule has 0 radical (unpaired) electrons. The maximum atomic E-state index is 15.8. The summed E-state index contributed by atoms with van der Waals surface area (Å²) in [5.74, 6) is -3.99. The van der Waals surface area contributed by atoms with Crippen molar-refractivity contribution in [1.82, 2.24) is 4.90 Å². The van der Waals surface area contributed by atoms with Gasteiger partial charge in [-0.15, -0.1) is 0 Å². The van der Waals surface area contributed by atoms with Gasteiger partial charge in [0.25, 0.3) is 5.91 Å². The fourth-order valence-electron chi connectivity index (χ4n) is 5.89. The molecule has 0 spiro atoms. The van der Waals surface area contributed by atoms with Crippen LogP contribution in [-0.4, -0.2) is 61.4 Å². The number of sulfone groups is 1. The van der Waals surface area contributed by atoms with Crippen molar-refractivity contribution in [1.29, 1.82) is 0 Å². The number of aliphatic carboxylic acids is 1. The molecule has 2 fully saturated rings. The van der Waals surface area contributed by atoms with Crippen molar-refractivity contribution in [2.45, 2.75) is 72.4 Å². The summed E-state index contributed by atoms with van der Waals surface area (Å²) in [6.07, 6.45) is -14.6. The van der Waals surface area contributed by atoms with E-state index in [2.05, 4.69) is 0 Å². The van der Waals surface area contributed by atoms with Crippen molar-refractivity contribution < 1.29 is 62.6 Å². The monoisotopic (exact) mass is 659 g/mol. The van der Waals surface area contributed by atoms with E-state index >= 15 is 4.39 Å².